The van der Waals surface area contributed by atoms with Crippen LogP contribution in [0.15, 0.2) is 67.0 Å². The van der Waals surface area contributed by atoms with Crippen LogP contribution in [0.4, 0.5) is 0 Å². The smallest absolute Gasteiger partial charge is 0.338 e. The number of aliphatic hydroxyl groups excluding tert-OH is 1. The van der Waals surface area contributed by atoms with Gasteiger partial charge in [-0.2, -0.15) is 5.26 Å². The number of aliphatic hydroxyl groups is 2. The first-order valence-electron chi connectivity index (χ1n) is 18.9. The molecule has 13 nitrogen and oxygen atoms in total. The predicted molar refractivity (Wildman–Crippen MR) is 220 cm³/mol. The fourth-order valence-corrected chi connectivity index (χ4v) is 6.57. The number of carboxylic acid groups (broad SMARTS) is 1. The lowest BCUT2D eigenvalue weighted by molar-refractivity contribution is -0.170. The third-order valence-corrected chi connectivity index (χ3v) is 10.3. The minimum atomic E-state index is -1.40. The summed E-state index contributed by atoms with van der Waals surface area (Å²) in [7, 11) is 0. The summed E-state index contributed by atoms with van der Waals surface area (Å²) in [5, 5.41) is 36.9. The van der Waals surface area contributed by atoms with Crippen molar-refractivity contribution in [3.63, 3.8) is 0 Å². The van der Waals surface area contributed by atoms with Gasteiger partial charge in [0.2, 0.25) is 0 Å². The molecular weight excluding hydrogens is 787 g/mol. The van der Waals surface area contributed by atoms with Crippen molar-refractivity contribution in [3.8, 4) is 34.4 Å². The molecule has 0 bridgehead atoms. The molecule has 58 heavy (non-hydrogen) atoms. The van der Waals surface area contributed by atoms with Crippen LogP contribution >= 0.6 is 23.2 Å². The van der Waals surface area contributed by atoms with Crippen LogP contribution < -0.4 is 19.9 Å². The van der Waals surface area contributed by atoms with Crippen LogP contribution in [0.3, 0.4) is 0 Å². The van der Waals surface area contributed by atoms with Crippen molar-refractivity contribution in [2.24, 2.45) is 11.7 Å². The number of nitrogens with zero attached hydrogens (tertiary/aromatic N) is 3. The number of esters is 1. The second-order valence-corrected chi connectivity index (χ2v) is 14.6. The zero-order chi connectivity index (χ0) is 42.2. The Morgan fingerprint density at radius 1 is 0.983 bits per heavy atom. The molecule has 0 aliphatic carbocycles. The van der Waals surface area contributed by atoms with E-state index in [1.54, 1.807) is 31.3 Å². The number of halogens is 2. The quantitative estimate of drug-likeness (QED) is 0.0647. The number of hydrogen-bond acceptors (Lipinski definition) is 12. The zero-order valence-electron chi connectivity index (χ0n) is 32.9. The Hall–Kier alpha value is -4.94. The third kappa shape index (κ3) is 12.5. The van der Waals surface area contributed by atoms with Gasteiger partial charge in [0.1, 0.15) is 36.5 Å². The highest BCUT2D eigenvalue weighted by atomic mass is 35.5. The van der Waals surface area contributed by atoms with E-state index in [-0.39, 0.29) is 33.0 Å². The first kappa shape index (κ1) is 45.8. The van der Waals surface area contributed by atoms with Gasteiger partial charge in [0.25, 0.3) is 0 Å². The molecule has 0 saturated carbocycles. The highest BCUT2D eigenvalue weighted by Crippen LogP contribution is 2.39. The van der Waals surface area contributed by atoms with Gasteiger partial charge in [0.15, 0.2) is 5.60 Å². The number of carbonyl (C=O) groups excluding carboxylic acids is 1. The maximum atomic E-state index is 12.1. The molecule has 2 heterocycles. The fourth-order valence-electron chi connectivity index (χ4n) is 6.05. The summed E-state index contributed by atoms with van der Waals surface area (Å²) in [6.07, 6.45) is 4.61. The lowest BCUT2D eigenvalue weighted by Gasteiger charge is -2.36. The number of aliphatic carboxylic acids is 1. The van der Waals surface area contributed by atoms with Gasteiger partial charge in [-0.15, -0.1) is 0 Å². The lowest BCUT2D eigenvalue weighted by atomic mass is 9.91. The molecule has 0 radical (unpaired) electrons. The number of benzene rings is 3. The van der Waals surface area contributed by atoms with E-state index in [1.165, 1.54) is 13.1 Å². The van der Waals surface area contributed by atoms with Gasteiger partial charge in [0, 0.05) is 61.3 Å². The van der Waals surface area contributed by atoms with Crippen molar-refractivity contribution in [3.05, 3.63) is 105 Å². The second-order valence-electron chi connectivity index (χ2n) is 13.8. The minimum Gasteiger partial charge on any atom is -0.492 e. The molecular formula is C43H50Cl2N4O9. The Morgan fingerprint density at radius 3 is 2.34 bits per heavy atom. The Bertz CT molecular complexity index is 2050. The van der Waals surface area contributed by atoms with E-state index in [9.17, 15) is 20.0 Å². The maximum Gasteiger partial charge on any atom is 0.338 e. The highest BCUT2D eigenvalue weighted by Gasteiger charge is 2.40. The molecule has 0 amide bonds. The molecule has 15 heteroatoms. The number of nitrogens with two attached hydrogens (primary N) is 1. The van der Waals surface area contributed by atoms with Gasteiger partial charge in [-0.1, -0.05) is 53.5 Å². The summed E-state index contributed by atoms with van der Waals surface area (Å²) in [5.74, 6) is -0.536. The molecule has 4 aromatic rings. The number of likely N-dealkylation sites (tertiary alicyclic amines) is 1. The van der Waals surface area contributed by atoms with Gasteiger partial charge in [0.05, 0.1) is 41.3 Å². The van der Waals surface area contributed by atoms with Crippen LogP contribution in [0.1, 0.15) is 60.9 Å². The molecule has 1 unspecified atom stereocenters. The zero-order valence-corrected chi connectivity index (χ0v) is 34.4. The van der Waals surface area contributed by atoms with E-state index >= 15 is 0 Å². The first-order valence-corrected chi connectivity index (χ1v) is 19.7. The normalized spacial score (nSPS) is 14.0. The van der Waals surface area contributed by atoms with E-state index in [4.69, 9.17) is 58.1 Å². The van der Waals surface area contributed by atoms with Crippen molar-refractivity contribution < 1.29 is 43.9 Å². The molecule has 1 fully saturated rings. The van der Waals surface area contributed by atoms with Crippen LogP contribution in [-0.4, -0.2) is 82.2 Å². The Morgan fingerprint density at radius 2 is 1.69 bits per heavy atom. The summed E-state index contributed by atoms with van der Waals surface area (Å²) in [6.45, 7) is 8.31. The summed E-state index contributed by atoms with van der Waals surface area (Å²) in [4.78, 5) is 28.2. The van der Waals surface area contributed by atoms with E-state index in [0.717, 1.165) is 46.3 Å². The molecule has 1 aromatic heterocycles. The summed E-state index contributed by atoms with van der Waals surface area (Å²) in [5.41, 5.74) is 10.3. The van der Waals surface area contributed by atoms with Crippen molar-refractivity contribution in [2.45, 2.75) is 65.4 Å². The number of rotatable bonds is 17. The van der Waals surface area contributed by atoms with E-state index in [0.29, 0.717) is 65.4 Å². The Labute approximate surface area is 348 Å². The first-order chi connectivity index (χ1) is 27.8. The van der Waals surface area contributed by atoms with Crippen molar-refractivity contribution in [2.75, 3.05) is 39.5 Å². The van der Waals surface area contributed by atoms with Crippen LogP contribution in [0, 0.1) is 24.2 Å². The summed E-state index contributed by atoms with van der Waals surface area (Å²) < 4.78 is 23.4. The molecule has 1 atom stereocenters. The van der Waals surface area contributed by atoms with E-state index < -0.39 is 23.5 Å². The van der Waals surface area contributed by atoms with Gasteiger partial charge in [-0.25, -0.2) is 4.79 Å². The van der Waals surface area contributed by atoms with Crippen LogP contribution in [0.2, 0.25) is 10.0 Å². The van der Waals surface area contributed by atoms with Crippen LogP contribution in [0.25, 0.3) is 11.1 Å². The lowest BCUT2D eigenvalue weighted by Crippen LogP contribution is -2.50. The number of carbonyl (C=O) groups is 2. The molecule has 3 aromatic carbocycles. The molecule has 5 N–H and O–H groups in total. The highest BCUT2D eigenvalue weighted by molar-refractivity contribution is 6.35. The van der Waals surface area contributed by atoms with E-state index in [2.05, 4.69) is 16.0 Å². The average Bonchev–Trinajstić information content (AvgIpc) is 3.23. The number of piperidine rings is 1. The maximum absolute atomic E-state index is 12.1. The van der Waals surface area contributed by atoms with Gasteiger partial charge < -0.3 is 44.9 Å². The second kappa shape index (κ2) is 22.3. The van der Waals surface area contributed by atoms with Gasteiger partial charge in [-0.05, 0) is 74.9 Å². The SMILES string of the molecule is CC(CO)C(=O)O.CCOC(=O)C1(O)CCN(CCCOc2cccc(-c3cccc(COc4cc(OCc5cncc(C#N)c5)c(CN)cc4Cl)c3C)c2Cl)CC1. The van der Waals surface area contributed by atoms with Crippen molar-refractivity contribution in [1.29, 1.82) is 5.26 Å². The number of nitriles is 1. The molecule has 1 aliphatic rings. The minimum absolute atomic E-state index is 0.198. The Kier molecular flexibility index (Phi) is 17.6. The number of aromatic nitrogens is 1. The number of ether oxygens (including phenoxy) is 4. The largest absolute Gasteiger partial charge is 0.492 e. The van der Waals surface area contributed by atoms with Crippen LogP contribution in [0.5, 0.6) is 17.2 Å². The van der Waals surface area contributed by atoms with Gasteiger partial charge in [-0.3, -0.25) is 9.78 Å². The number of hydrogen-bond donors (Lipinski definition) is 4. The predicted octanol–water partition coefficient (Wildman–Crippen LogP) is 6.71. The molecule has 1 saturated heterocycles. The standard InChI is InChI=1S/C39H42Cl2N4O6.C4H8O3/c1-3-48-38(46)39(47)11-14-45(15-12-39)13-6-16-49-34-10-5-9-32(37(34)41)31-8-4-7-29(26(31)2)25-51-36-19-35(30(21-43)18-33(36)40)50-24-28-17-27(20-42)22-44-23-28;1-3(2-5)4(6)7/h4-5,7-10,17-19,22-23,47H,3,6,11-16,21,24-25,43H2,1-2H3;3,5H,2H2,1H3,(H,6,7). The average molecular weight is 838 g/mol. The molecule has 0 spiro atoms. The topological polar surface area (TPSA) is 198 Å². The van der Waals surface area contributed by atoms with Crippen molar-refractivity contribution in [1.82, 2.24) is 9.88 Å². The Balaban J connectivity index is 0.000000973. The molecule has 1 aliphatic heterocycles. The third-order valence-electron chi connectivity index (χ3n) is 9.65. The monoisotopic (exact) mass is 836 g/mol. The van der Waals surface area contributed by atoms with E-state index in [1.807, 2.05) is 43.3 Å². The number of pyridine rings is 1. The number of carboxylic acids is 1. The summed E-state index contributed by atoms with van der Waals surface area (Å²) >= 11 is 13.5. The van der Waals surface area contributed by atoms with Crippen LogP contribution in [-0.2, 0) is 34.1 Å². The van der Waals surface area contributed by atoms with Gasteiger partial charge >= 0.3 is 11.9 Å². The molecule has 5 rings (SSSR count). The fraction of sp³-hybridized carbons (Fsp3) is 0.395. The van der Waals surface area contributed by atoms with Crippen molar-refractivity contribution >= 4 is 35.1 Å². The summed E-state index contributed by atoms with van der Waals surface area (Å²) in [6, 6.07) is 19.0. The molecule has 310 valence electrons.